The van der Waals surface area contributed by atoms with Gasteiger partial charge in [0.2, 0.25) is 12.1 Å². The fourth-order valence-electron chi connectivity index (χ4n) is 5.51. The summed E-state index contributed by atoms with van der Waals surface area (Å²) >= 11 is 0. The molecule has 3 aliphatic rings. The molecular formula is C28H24N2O5. The van der Waals surface area contributed by atoms with Gasteiger partial charge in [-0.2, -0.15) is 0 Å². The van der Waals surface area contributed by atoms with Crippen molar-refractivity contribution in [1.29, 1.82) is 0 Å². The number of cyclic esters (lactones) is 1. The second-order valence-corrected chi connectivity index (χ2v) is 9.12. The Bertz CT molecular complexity index is 1280. The van der Waals surface area contributed by atoms with E-state index in [4.69, 9.17) is 9.47 Å². The molecule has 3 atom stereocenters. The van der Waals surface area contributed by atoms with Gasteiger partial charge >= 0.3 is 12.1 Å². The maximum atomic E-state index is 13.2. The lowest BCUT2D eigenvalue weighted by Gasteiger charge is -2.40. The lowest BCUT2D eigenvalue weighted by molar-refractivity contribution is -0.145. The summed E-state index contributed by atoms with van der Waals surface area (Å²) in [7, 11) is 0. The highest BCUT2D eigenvalue weighted by Crippen LogP contribution is 2.44. The number of piperazine rings is 1. The average molecular weight is 469 g/mol. The summed E-state index contributed by atoms with van der Waals surface area (Å²) in [5.74, 6) is -0.949. The Morgan fingerprint density at radius 1 is 0.914 bits per heavy atom. The van der Waals surface area contributed by atoms with Crippen LogP contribution in [0.1, 0.15) is 35.8 Å². The second kappa shape index (κ2) is 8.27. The molecule has 176 valence electrons. The van der Waals surface area contributed by atoms with E-state index in [1.54, 1.807) is 6.92 Å². The molecular weight excluding hydrogens is 444 g/mol. The number of rotatable bonds is 3. The summed E-state index contributed by atoms with van der Waals surface area (Å²) in [6.07, 6.45) is -1.39. The van der Waals surface area contributed by atoms with E-state index in [1.807, 2.05) is 54.6 Å². The molecule has 2 aliphatic heterocycles. The smallest absolute Gasteiger partial charge is 0.410 e. The zero-order valence-corrected chi connectivity index (χ0v) is 19.2. The molecule has 2 saturated heterocycles. The van der Waals surface area contributed by atoms with Crippen molar-refractivity contribution in [2.75, 3.05) is 13.2 Å². The second-order valence-electron chi connectivity index (χ2n) is 9.12. The number of hydrogen-bond donors (Lipinski definition) is 0. The number of carbonyl (C=O) groups excluding carboxylic acids is 3. The molecule has 3 aromatic carbocycles. The molecule has 3 aromatic rings. The minimum Gasteiger partial charge on any atom is -0.448 e. The van der Waals surface area contributed by atoms with Gasteiger partial charge in [-0.25, -0.2) is 9.59 Å². The van der Waals surface area contributed by atoms with Crippen molar-refractivity contribution in [3.8, 4) is 11.1 Å². The molecule has 0 spiro atoms. The summed E-state index contributed by atoms with van der Waals surface area (Å²) in [6, 6.07) is 23.9. The number of fused-ring (bicyclic) bond motifs is 4. The van der Waals surface area contributed by atoms with Gasteiger partial charge in [-0.1, -0.05) is 78.9 Å². The number of nitrogens with zero attached hydrogens (tertiary/aromatic N) is 2. The Morgan fingerprint density at radius 3 is 2.17 bits per heavy atom. The summed E-state index contributed by atoms with van der Waals surface area (Å²) < 4.78 is 11.3. The number of benzene rings is 3. The molecule has 2 amide bonds. The highest BCUT2D eigenvalue weighted by Gasteiger charge is 2.54. The van der Waals surface area contributed by atoms with Crippen LogP contribution < -0.4 is 0 Å². The van der Waals surface area contributed by atoms with Gasteiger partial charge in [-0.05, 0) is 29.2 Å². The summed E-state index contributed by atoms with van der Waals surface area (Å²) in [5.41, 5.74) is 5.23. The van der Waals surface area contributed by atoms with Crippen molar-refractivity contribution in [3.63, 3.8) is 0 Å². The van der Waals surface area contributed by atoms with Gasteiger partial charge in [0.25, 0.3) is 0 Å². The molecule has 6 rings (SSSR count). The van der Waals surface area contributed by atoms with Gasteiger partial charge in [0, 0.05) is 11.5 Å². The van der Waals surface area contributed by atoms with E-state index in [-0.39, 0.29) is 25.0 Å². The van der Waals surface area contributed by atoms with Crippen LogP contribution in [0.15, 0.2) is 78.9 Å². The zero-order valence-electron chi connectivity index (χ0n) is 19.2. The summed E-state index contributed by atoms with van der Waals surface area (Å²) in [4.78, 5) is 41.8. The largest absolute Gasteiger partial charge is 0.448 e. The van der Waals surface area contributed by atoms with E-state index in [2.05, 4.69) is 24.3 Å². The molecule has 0 saturated carbocycles. The highest BCUT2D eigenvalue weighted by atomic mass is 16.6. The van der Waals surface area contributed by atoms with Gasteiger partial charge in [0.15, 0.2) is 6.04 Å². The monoisotopic (exact) mass is 468 g/mol. The molecule has 7 nitrogen and oxygen atoms in total. The van der Waals surface area contributed by atoms with Crippen LogP contribution in [0.3, 0.4) is 0 Å². The summed E-state index contributed by atoms with van der Waals surface area (Å²) in [6.45, 7) is 1.73. The maximum absolute atomic E-state index is 13.2. The first-order valence-corrected chi connectivity index (χ1v) is 11.7. The van der Waals surface area contributed by atoms with Gasteiger partial charge in [-0.15, -0.1) is 0 Å². The molecule has 0 radical (unpaired) electrons. The van der Waals surface area contributed by atoms with Gasteiger partial charge in [-0.3, -0.25) is 14.6 Å². The molecule has 35 heavy (non-hydrogen) atoms. The fraction of sp³-hybridized carbons (Fsp3) is 0.250. The Kier molecular flexibility index (Phi) is 5.06. The normalized spacial score (nSPS) is 22.9. The highest BCUT2D eigenvalue weighted by molar-refractivity contribution is 5.93. The van der Waals surface area contributed by atoms with Crippen LogP contribution in [-0.2, 0) is 19.1 Å². The number of hydrogen-bond acceptors (Lipinski definition) is 5. The Hall–Kier alpha value is -4.13. The number of carbonyl (C=O) groups is 3. The van der Waals surface area contributed by atoms with Crippen LogP contribution in [0, 0.1) is 0 Å². The third kappa shape index (κ3) is 3.38. The lowest BCUT2D eigenvalue weighted by atomic mass is 9.98. The fourth-order valence-corrected chi connectivity index (χ4v) is 5.51. The van der Waals surface area contributed by atoms with Crippen LogP contribution in [0.5, 0.6) is 0 Å². The van der Waals surface area contributed by atoms with Crippen LogP contribution in [-0.4, -0.2) is 53.0 Å². The maximum Gasteiger partial charge on any atom is 0.410 e. The Balaban J connectivity index is 1.20. The van der Waals surface area contributed by atoms with Crippen LogP contribution in [0.2, 0.25) is 0 Å². The van der Waals surface area contributed by atoms with Gasteiger partial charge in [0.1, 0.15) is 13.2 Å². The van der Waals surface area contributed by atoms with Crippen molar-refractivity contribution in [1.82, 2.24) is 9.80 Å². The molecule has 2 fully saturated rings. The van der Waals surface area contributed by atoms with E-state index in [0.717, 1.165) is 27.8 Å². The van der Waals surface area contributed by atoms with Crippen molar-refractivity contribution in [2.24, 2.45) is 0 Å². The minimum atomic E-state index is -0.873. The SMILES string of the molecule is CC1[C@H]2C(=O)OC(c3ccccc3)N2C(=O)CN1C(=O)OCC1c2ccccc2-c2ccccc21. The first-order chi connectivity index (χ1) is 17.0. The van der Waals surface area contributed by atoms with Crippen molar-refractivity contribution < 1.29 is 23.9 Å². The number of ether oxygens (including phenoxy) is 2. The first-order valence-electron chi connectivity index (χ1n) is 11.7. The average Bonchev–Trinajstić information content (AvgIpc) is 3.41. The van der Waals surface area contributed by atoms with E-state index in [0.29, 0.717) is 0 Å². The van der Waals surface area contributed by atoms with Gasteiger partial charge < -0.3 is 9.47 Å². The van der Waals surface area contributed by atoms with Crippen molar-refractivity contribution >= 4 is 18.0 Å². The first kappa shape index (κ1) is 21.4. The topological polar surface area (TPSA) is 76.2 Å². The molecule has 0 bridgehead atoms. The zero-order chi connectivity index (χ0) is 24.1. The van der Waals surface area contributed by atoms with E-state index in [1.165, 1.54) is 9.80 Å². The van der Waals surface area contributed by atoms with E-state index in [9.17, 15) is 14.4 Å². The Labute approximate surface area is 202 Å². The predicted molar refractivity (Wildman–Crippen MR) is 127 cm³/mol. The number of esters is 1. The quantitative estimate of drug-likeness (QED) is 0.541. The van der Waals surface area contributed by atoms with E-state index >= 15 is 0 Å². The summed E-state index contributed by atoms with van der Waals surface area (Å²) in [5, 5.41) is 0. The van der Waals surface area contributed by atoms with Crippen LogP contribution in [0.25, 0.3) is 11.1 Å². The minimum absolute atomic E-state index is 0.0856. The molecule has 7 heteroatoms. The Morgan fingerprint density at radius 2 is 1.51 bits per heavy atom. The van der Waals surface area contributed by atoms with Crippen molar-refractivity contribution in [3.05, 3.63) is 95.6 Å². The lowest BCUT2D eigenvalue weighted by Crippen LogP contribution is -2.62. The van der Waals surface area contributed by atoms with Crippen LogP contribution in [0.4, 0.5) is 4.79 Å². The third-order valence-corrected chi connectivity index (χ3v) is 7.22. The third-order valence-electron chi connectivity index (χ3n) is 7.22. The number of amides is 2. The molecule has 2 unspecified atom stereocenters. The van der Waals surface area contributed by atoms with Crippen molar-refractivity contribution in [2.45, 2.75) is 31.2 Å². The van der Waals surface area contributed by atoms with Crippen LogP contribution >= 0.6 is 0 Å². The molecule has 0 N–H and O–H groups in total. The standard InChI is InChI=1S/C28H24N2O5/c1-17-25-27(32)35-26(18-9-3-2-4-10-18)30(25)24(31)15-29(17)28(33)34-16-23-21-13-7-5-11-19(21)20-12-6-8-14-22(20)23/h2-14,17,23,25-26H,15-16H2,1H3/t17?,25-,26?/m0/s1. The predicted octanol–water partition coefficient (Wildman–Crippen LogP) is 4.09. The molecule has 1 aliphatic carbocycles. The molecule has 0 aromatic heterocycles. The van der Waals surface area contributed by atoms with E-state index < -0.39 is 30.4 Å². The molecule has 2 heterocycles. The van der Waals surface area contributed by atoms with Gasteiger partial charge in [0.05, 0.1) is 6.04 Å².